The topological polar surface area (TPSA) is 48.3 Å². The Morgan fingerprint density at radius 1 is 1.35 bits per heavy atom. The molecule has 0 saturated heterocycles. The van der Waals surface area contributed by atoms with Gasteiger partial charge in [-0.3, -0.25) is 4.79 Å². The van der Waals surface area contributed by atoms with E-state index >= 15 is 0 Å². The number of Topliss-reactive ketones (excluding diaryl/α,β-unsaturated/α-hetero) is 1. The van der Waals surface area contributed by atoms with Crippen LogP contribution in [-0.4, -0.2) is 22.9 Å². The van der Waals surface area contributed by atoms with Gasteiger partial charge >= 0.3 is 5.97 Å². The molecule has 2 aromatic heterocycles. The lowest BCUT2D eigenvalue weighted by Crippen LogP contribution is -2.14. The summed E-state index contributed by atoms with van der Waals surface area (Å²) in [5, 5.41) is 1.93. The molecule has 0 unspecified atom stereocenters. The quantitative estimate of drug-likeness (QED) is 0.453. The molecule has 0 bridgehead atoms. The smallest absolute Gasteiger partial charge is 0.331 e. The molecule has 23 heavy (non-hydrogen) atoms. The summed E-state index contributed by atoms with van der Waals surface area (Å²) in [6.07, 6.45) is 3.03. The zero-order valence-electron chi connectivity index (χ0n) is 13.8. The van der Waals surface area contributed by atoms with E-state index in [-0.39, 0.29) is 18.4 Å². The van der Waals surface area contributed by atoms with Crippen LogP contribution in [0.1, 0.15) is 46.5 Å². The van der Waals surface area contributed by atoms with Crippen molar-refractivity contribution in [2.75, 3.05) is 6.61 Å². The molecule has 0 spiro atoms. The van der Waals surface area contributed by atoms with Crippen LogP contribution >= 0.6 is 11.3 Å². The zero-order valence-corrected chi connectivity index (χ0v) is 14.6. The summed E-state index contributed by atoms with van der Waals surface area (Å²) >= 11 is 1.53. The van der Waals surface area contributed by atoms with Gasteiger partial charge in [0, 0.05) is 33.9 Å². The van der Waals surface area contributed by atoms with Crippen LogP contribution < -0.4 is 0 Å². The molecule has 0 fully saturated rings. The van der Waals surface area contributed by atoms with E-state index in [1.807, 2.05) is 37.4 Å². The Balaban J connectivity index is 1.97. The molecule has 2 aromatic rings. The number of aryl methyl sites for hydroxylation is 1. The van der Waals surface area contributed by atoms with Gasteiger partial charge < -0.3 is 9.30 Å². The number of ketones is 1. The second kappa shape index (κ2) is 7.42. The van der Waals surface area contributed by atoms with E-state index in [1.165, 1.54) is 17.4 Å². The Labute approximate surface area is 140 Å². The van der Waals surface area contributed by atoms with Crippen molar-refractivity contribution in [1.29, 1.82) is 0 Å². The van der Waals surface area contributed by atoms with Crippen LogP contribution in [0.5, 0.6) is 0 Å². The van der Waals surface area contributed by atoms with Crippen molar-refractivity contribution in [3.8, 4) is 0 Å². The van der Waals surface area contributed by atoms with Crippen molar-refractivity contribution >= 4 is 29.2 Å². The summed E-state index contributed by atoms with van der Waals surface area (Å²) in [5.74, 6) is -0.688. The predicted molar refractivity (Wildman–Crippen MR) is 92.9 cm³/mol. The normalized spacial score (nSPS) is 11.3. The number of carbonyl (C=O) groups excluding carboxylic acids is 2. The van der Waals surface area contributed by atoms with Crippen LogP contribution in [0.4, 0.5) is 0 Å². The maximum atomic E-state index is 12.3. The fraction of sp³-hybridized carbons (Fsp3) is 0.333. The highest BCUT2D eigenvalue weighted by molar-refractivity contribution is 7.10. The molecule has 0 aliphatic rings. The third-order valence-electron chi connectivity index (χ3n) is 3.57. The molecule has 122 valence electrons. The Bertz CT molecular complexity index is 724. The summed E-state index contributed by atoms with van der Waals surface area (Å²) in [7, 11) is 0. The Morgan fingerprint density at radius 3 is 2.65 bits per heavy atom. The highest BCUT2D eigenvalue weighted by Crippen LogP contribution is 2.20. The number of aromatic nitrogens is 1. The highest BCUT2D eigenvalue weighted by atomic mass is 32.1. The van der Waals surface area contributed by atoms with E-state index in [0.29, 0.717) is 5.56 Å². The molecule has 0 amide bonds. The minimum atomic E-state index is -0.510. The van der Waals surface area contributed by atoms with Crippen LogP contribution in [-0.2, 0) is 9.53 Å². The van der Waals surface area contributed by atoms with Gasteiger partial charge in [-0.25, -0.2) is 4.79 Å². The first-order valence-electron chi connectivity index (χ1n) is 7.50. The van der Waals surface area contributed by atoms with Crippen molar-refractivity contribution < 1.29 is 14.3 Å². The van der Waals surface area contributed by atoms with Crippen molar-refractivity contribution in [3.05, 3.63) is 51.5 Å². The van der Waals surface area contributed by atoms with E-state index in [0.717, 1.165) is 16.3 Å². The molecule has 0 radical (unpaired) electrons. The summed E-state index contributed by atoms with van der Waals surface area (Å²) < 4.78 is 7.14. The molecule has 0 aliphatic heterocycles. The van der Waals surface area contributed by atoms with Gasteiger partial charge in [0.25, 0.3) is 0 Å². The summed E-state index contributed by atoms with van der Waals surface area (Å²) in [6, 6.07) is 5.95. The van der Waals surface area contributed by atoms with Crippen molar-refractivity contribution in [1.82, 2.24) is 4.57 Å². The van der Waals surface area contributed by atoms with E-state index in [9.17, 15) is 9.59 Å². The van der Waals surface area contributed by atoms with Crippen LogP contribution in [0.2, 0.25) is 0 Å². The fourth-order valence-electron chi connectivity index (χ4n) is 2.65. The largest absolute Gasteiger partial charge is 0.454 e. The van der Waals surface area contributed by atoms with E-state index in [2.05, 4.69) is 18.4 Å². The SMILES string of the molecule is Cc1cc(C(=O)COC(=O)/C=C/c2cccs2)c(C)n1C(C)C. The van der Waals surface area contributed by atoms with Gasteiger partial charge in [-0.15, -0.1) is 11.3 Å². The van der Waals surface area contributed by atoms with Crippen molar-refractivity contribution in [3.63, 3.8) is 0 Å². The van der Waals surface area contributed by atoms with Crippen molar-refractivity contribution in [2.24, 2.45) is 0 Å². The average Bonchev–Trinajstić information content (AvgIpc) is 3.10. The number of hydrogen-bond acceptors (Lipinski definition) is 4. The fourth-order valence-corrected chi connectivity index (χ4v) is 3.27. The zero-order chi connectivity index (χ0) is 17.0. The molecule has 0 aliphatic carbocycles. The molecule has 0 saturated carbocycles. The maximum Gasteiger partial charge on any atom is 0.331 e. The van der Waals surface area contributed by atoms with Gasteiger partial charge in [-0.1, -0.05) is 6.07 Å². The van der Waals surface area contributed by atoms with E-state index in [4.69, 9.17) is 4.74 Å². The first-order chi connectivity index (χ1) is 10.9. The number of hydrogen-bond donors (Lipinski definition) is 0. The van der Waals surface area contributed by atoms with Crippen LogP contribution in [0.15, 0.2) is 29.7 Å². The molecule has 4 nitrogen and oxygen atoms in total. The number of ether oxygens (including phenoxy) is 1. The summed E-state index contributed by atoms with van der Waals surface area (Å²) in [5.41, 5.74) is 2.56. The second-order valence-electron chi connectivity index (χ2n) is 5.63. The molecule has 2 rings (SSSR count). The minimum absolute atomic E-state index is 0.178. The first-order valence-corrected chi connectivity index (χ1v) is 8.38. The number of rotatable bonds is 6. The second-order valence-corrected chi connectivity index (χ2v) is 6.61. The van der Waals surface area contributed by atoms with Gasteiger partial charge in [0.2, 0.25) is 5.78 Å². The number of carbonyl (C=O) groups is 2. The van der Waals surface area contributed by atoms with Gasteiger partial charge in [0.15, 0.2) is 6.61 Å². The van der Waals surface area contributed by atoms with Gasteiger partial charge in [0.05, 0.1) is 0 Å². The summed E-state index contributed by atoms with van der Waals surface area (Å²) in [4.78, 5) is 24.9. The average molecular weight is 331 g/mol. The molecular formula is C18H21NO3S. The first kappa shape index (κ1) is 17.2. The van der Waals surface area contributed by atoms with Gasteiger partial charge in [-0.05, 0) is 51.3 Å². The molecular weight excluding hydrogens is 310 g/mol. The Hall–Kier alpha value is -2.14. The van der Waals surface area contributed by atoms with Crippen LogP contribution in [0, 0.1) is 13.8 Å². The highest BCUT2D eigenvalue weighted by Gasteiger charge is 2.17. The summed E-state index contributed by atoms with van der Waals surface area (Å²) in [6.45, 7) is 7.79. The lowest BCUT2D eigenvalue weighted by molar-refractivity contribution is -0.136. The molecule has 0 aromatic carbocycles. The van der Waals surface area contributed by atoms with Crippen LogP contribution in [0.25, 0.3) is 6.08 Å². The third-order valence-corrected chi connectivity index (χ3v) is 4.41. The van der Waals surface area contributed by atoms with Crippen molar-refractivity contribution in [2.45, 2.75) is 33.7 Å². The Kier molecular flexibility index (Phi) is 5.55. The maximum absolute atomic E-state index is 12.3. The van der Waals surface area contributed by atoms with Gasteiger partial charge in [0.1, 0.15) is 0 Å². The lowest BCUT2D eigenvalue weighted by atomic mass is 10.1. The molecule has 5 heteroatoms. The Morgan fingerprint density at radius 2 is 2.09 bits per heavy atom. The number of thiophene rings is 1. The van der Waals surface area contributed by atoms with E-state index in [1.54, 1.807) is 6.08 Å². The number of esters is 1. The minimum Gasteiger partial charge on any atom is -0.454 e. The standard InChI is InChI=1S/C18H21NO3S/c1-12(2)19-13(3)10-16(14(19)4)17(20)11-22-18(21)8-7-15-6-5-9-23-15/h5-10,12H,11H2,1-4H3/b8-7+. The molecule has 2 heterocycles. The number of nitrogens with zero attached hydrogens (tertiary/aromatic N) is 1. The third kappa shape index (κ3) is 4.20. The molecule has 0 N–H and O–H groups in total. The molecule has 0 atom stereocenters. The monoisotopic (exact) mass is 331 g/mol. The van der Waals surface area contributed by atoms with Gasteiger partial charge in [-0.2, -0.15) is 0 Å². The predicted octanol–water partition coefficient (Wildman–Crippen LogP) is 4.19. The lowest BCUT2D eigenvalue weighted by Gasteiger charge is -2.13. The van der Waals surface area contributed by atoms with Crippen LogP contribution in [0.3, 0.4) is 0 Å². The van der Waals surface area contributed by atoms with E-state index < -0.39 is 5.97 Å².